The lowest BCUT2D eigenvalue weighted by molar-refractivity contribution is -0.125. The second-order valence-electron chi connectivity index (χ2n) is 7.15. The number of hydrogen-bond acceptors (Lipinski definition) is 5. The van der Waals surface area contributed by atoms with Crippen LogP contribution in [-0.2, 0) is 23.2 Å². The van der Waals surface area contributed by atoms with E-state index in [2.05, 4.69) is 0 Å². The van der Waals surface area contributed by atoms with Gasteiger partial charge in [-0.2, -0.15) is 0 Å². The molecule has 0 atom stereocenters. The maximum Gasteiger partial charge on any atom is 0.804 e. The number of likely N-dealkylation sites (N-methyl/N-ethyl adjacent to an activating group) is 2. The lowest BCUT2D eigenvalue weighted by Gasteiger charge is -2.11. The molecule has 2 aliphatic carbocycles. The summed E-state index contributed by atoms with van der Waals surface area (Å²) in [6, 6.07) is 0. The highest BCUT2D eigenvalue weighted by Crippen LogP contribution is 2.31. The van der Waals surface area contributed by atoms with Crippen molar-refractivity contribution in [3.8, 4) is 0 Å². The second kappa shape index (κ2) is 10.2. The van der Waals surface area contributed by atoms with Gasteiger partial charge in [0.1, 0.15) is 0 Å². The summed E-state index contributed by atoms with van der Waals surface area (Å²) in [4.78, 5) is 27.3. The molecule has 8 heteroatoms. The van der Waals surface area contributed by atoms with Gasteiger partial charge in [0.05, 0.1) is 0 Å². The molecule has 2 aliphatic rings. The molecule has 0 aromatic heterocycles. The van der Waals surface area contributed by atoms with Crippen molar-refractivity contribution in [3.63, 3.8) is 0 Å². The lowest BCUT2D eigenvalue weighted by Crippen LogP contribution is -2.23. The maximum absolute atomic E-state index is 12.1. The van der Waals surface area contributed by atoms with Crippen molar-refractivity contribution >= 4 is 20.1 Å². The van der Waals surface area contributed by atoms with E-state index in [-0.39, 0.29) is 11.8 Å². The average Bonchev–Trinajstić information content (AvgIpc) is 3.29. The van der Waals surface area contributed by atoms with E-state index in [4.69, 9.17) is 9.05 Å². The lowest BCUT2D eigenvalue weighted by atomic mass is 10.1. The first-order chi connectivity index (χ1) is 13.3. The van der Waals surface area contributed by atoms with Crippen LogP contribution in [0.5, 0.6) is 0 Å². The smallest absolute Gasteiger partial charge is 0.345 e. The molecule has 0 unspecified atom stereocenters. The topological polar surface area (TPSA) is 76.1 Å². The van der Waals surface area contributed by atoms with Gasteiger partial charge in [-0.05, 0) is 61.8 Å². The molecule has 28 heavy (non-hydrogen) atoms. The molecule has 0 saturated carbocycles. The Hall–Kier alpha value is -2.40. The summed E-state index contributed by atoms with van der Waals surface area (Å²) in [6.45, 7) is 0. The molecule has 0 heterocycles. The van der Waals surface area contributed by atoms with E-state index in [1.54, 1.807) is 50.1 Å². The molecule has 7 nitrogen and oxygen atoms in total. The van der Waals surface area contributed by atoms with E-state index in [9.17, 15) is 14.2 Å². The fourth-order valence-electron chi connectivity index (χ4n) is 3.28. The van der Waals surface area contributed by atoms with Crippen molar-refractivity contribution in [3.05, 3.63) is 47.0 Å². The third-order valence-electron chi connectivity index (χ3n) is 4.68. The molecule has 0 saturated heterocycles. The highest BCUT2D eigenvalue weighted by molar-refractivity contribution is 7.33. The van der Waals surface area contributed by atoms with Gasteiger partial charge in [-0.25, -0.2) is 9.05 Å². The standard InChI is InChI=1S/C20H28N2O5P/c1-21(2)19(23)17-9-5-7-15(17)11-13-26-28(25)27-14-12-16-8-6-10-18(16)20(24)22(3)4/h11-14H,5-10H2,1-4H3/q+1. The summed E-state index contributed by atoms with van der Waals surface area (Å²) in [5.74, 6) is -0.0118. The minimum absolute atomic E-state index is 0.00589. The molecular formula is C20H28N2O5P+. The van der Waals surface area contributed by atoms with Gasteiger partial charge in [-0.15, -0.1) is 0 Å². The van der Waals surface area contributed by atoms with Crippen LogP contribution in [0.3, 0.4) is 0 Å². The zero-order valence-electron chi connectivity index (χ0n) is 16.9. The summed E-state index contributed by atoms with van der Waals surface area (Å²) < 4.78 is 22.0. The number of amides is 2. The zero-order chi connectivity index (χ0) is 20.7. The Bertz CT molecular complexity index is 701. The monoisotopic (exact) mass is 407 g/mol. The Morgan fingerprint density at radius 2 is 1.18 bits per heavy atom. The van der Waals surface area contributed by atoms with Crippen molar-refractivity contribution < 1.29 is 23.2 Å². The van der Waals surface area contributed by atoms with Crippen molar-refractivity contribution in [1.82, 2.24) is 9.80 Å². The Morgan fingerprint density at radius 1 is 0.786 bits per heavy atom. The van der Waals surface area contributed by atoms with Crippen molar-refractivity contribution in [1.29, 1.82) is 0 Å². The van der Waals surface area contributed by atoms with Crippen LogP contribution in [0.25, 0.3) is 0 Å². The third kappa shape index (κ3) is 5.80. The normalized spacial score (nSPS) is 17.6. The fourth-order valence-corrected chi connectivity index (χ4v) is 3.65. The van der Waals surface area contributed by atoms with Gasteiger partial charge in [0, 0.05) is 43.9 Å². The molecule has 2 rings (SSSR count). The Balaban J connectivity index is 1.89. The molecule has 0 bridgehead atoms. The highest BCUT2D eigenvalue weighted by atomic mass is 31.1. The van der Waals surface area contributed by atoms with Crippen molar-refractivity contribution in [2.24, 2.45) is 0 Å². The van der Waals surface area contributed by atoms with Crippen LogP contribution in [0.2, 0.25) is 0 Å². The molecule has 0 aliphatic heterocycles. The summed E-state index contributed by atoms with van der Waals surface area (Å²) in [5.41, 5.74) is 3.35. The zero-order valence-corrected chi connectivity index (χ0v) is 17.8. The minimum atomic E-state index is -2.36. The van der Waals surface area contributed by atoms with Crippen molar-refractivity contribution in [2.45, 2.75) is 38.5 Å². The summed E-state index contributed by atoms with van der Waals surface area (Å²) in [5, 5.41) is 0. The maximum atomic E-state index is 12.1. The van der Waals surface area contributed by atoms with Crippen LogP contribution in [-0.4, -0.2) is 49.8 Å². The van der Waals surface area contributed by atoms with E-state index < -0.39 is 8.25 Å². The largest absolute Gasteiger partial charge is 0.804 e. The number of hydrogen-bond donors (Lipinski definition) is 0. The quantitative estimate of drug-likeness (QED) is 0.451. The van der Waals surface area contributed by atoms with Gasteiger partial charge in [0.2, 0.25) is 11.8 Å². The van der Waals surface area contributed by atoms with Crippen molar-refractivity contribution in [2.75, 3.05) is 28.2 Å². The summed E-state index contributed by atoms with van der Waals surface area (Å²) >= 11 is 0. The predicted octanol–water partition coefficient (Wildman–Crippen LogP) is 3.84. The van der Waals surface area contributed by atoms with Crippen LogP contribution in [0.15, 0.2) is 47.0 Å². The fraction of sp³-hybridized carbons (Fsp3) is 0.500. The van der Waals surface area contributed by atoms with E-state index in [0.717, 1.165) is 60.8 Å². The van der Waals surface area contributed by atoms with E-state index in [1.165, 1.54) is 12.5 Å². The van der Waals surface area contributed by atoms with Crippen LogP contribution in [0.1, 0.15) is 38.5 Å². The van der Waals surface area contributed by atoms with Gasteiger partial charge in [-0.3, -0.25) is 9.59 Å². The number of nitrogens with zero attached hydrogens (tertiary/aromatic N) is 2. The number of allylic oxidation sites excluding steroid dienone is 4. The molecule has 0 aromatic carbocycles. The van der Waals surface area contributed by atoms with Gasteiger partial charge in [-0.1, -0.05) is 0 Å². The molecule has 2 amide bonds. The van der Waals surface area contributed by atoms with Crippen LogP contribution < -0.4 is 0 Å². The number of carbonyl (C=O) groups is 2. The summed E-state index contributed by atoms with van der Waals surface area (Å²) in [6.07, 6.45) is 10.9. The third-order valence-corrected chi connectivity index (χ3v) is 5.27. The molecule has 0 aromatic rings. The van der Waals surface area contributed by atoms with Crippen LogP contribution >= 0.6 is 8.25 Å². The van der Waals surface area contributed by atoms with E-state index in [1.807, 2.05) is 0 Å². The van der Waals surface area contributed by atoms with Crippen LogP contribution in [0.4, 0.5) is 0 Å². The SMILES string of the molecule is CN(C)C(=O)C1=C(C=CO[P+](=O)OC=CC2=C(C(=O)N(C)C)CCC2)CCC1. The van der Waals surface area contributed by atoms with Crippen LogP contribution in [0, 0.1) is 0 Å². The predicted molar refractivity (Wildman–Crippen MR) is 107 cm³/mol. The Morgan fingerprint density at radius 3 is 1.54 bits per heavy atom. The molecule has 0 spiro atoms. The first-order valence-electron chi connectivity index (χ1n) is 9.32. The molecule has 0 fully saturated rings. The molecule has 0 radical (unpaired) electrons. The first-order valence-corrected chi connectivity index (χ1v) is 10.4. The van der Waals surface area contributed by atoms with Gasteiger partial charge in [0.15, 0.2) is 12.5 Å². The average molecular weight is 407 g/mol. The van der Waals surface area contributed by atoms with E-state index >= 15 is 0 Å². The Labute approximate surface area is 167 Å². The van der Waals surface area contributed by atoms with E-state index in [0.29, 0.717) is 0 Å². The van der Waals surface area contributed by atoms with Gasteiger partial charge < -0.3 is 9.80 Å². The van der Waals surface area contributed by atoms with Gasteiger partial charge in [0.25, 0.3) is 0 Å². The minimum Gasteiger partial charge on any atom is -0.345 e. The molecule has 152 valence electrons. The summed E-state index contributed by atoms with van der Waals surface area (Å²) in [7, 11) is 4.52. The molecular weight excluding hydrogens is 379 g/mol. The second-order valence-corrected chi connectivity index (χ2v) is 8.02. The highest BCUT2D eigenvalue weighted by Gasteiger charge is 2.23. The Kier molecular flexibility index (Phi) is 8.00. The number of carbonyl (C=O) groups excluding carboxylic acids is 2. The van der Waals surface area contributed by atoms with Gasteiger partial charge >= 0.3 is 8.25 Å². The number of rotatable bonds is 8. The molecule has 0 N–H and O–H groups in total. The first kappa shape index (κ1) is 21.9.